The van der Waals surface area contributed by atoms with E-state index in [0.717, 1.165) is 0 Å². The van der Waals surface area contributed by atoms with Crippen LogP contribution in [0.15, 0.2) is 12.1 Å². The van der Waals surface area contributed by atoms with E-state index in [2.05, 4.69) is 21.3 Å². The Hall–Kier alpha value is -2.57. The number of alkyl halides is 3. The molecule has 158 valence electrons. The van der Waals surface area contributed by atoms with Crippen LogP contribution in [0.25, 0.3) is 0 Å². The number of nitrogens with one attached hydrogen (secondary N) is 1. The van der Waals surface area contributed by atoms with Gasteiger partial charge < -0.3 is 5.11 Å². The number of nitrogens with zero attached hydrogens (tertiary/aromatic N) is 1. The molecule has 0 saturated carbocycles. The zero-order valence-electron chi connectivity index (χ0n) is 14.5. The van der Waals surface area contributed by atoms with Crippen molar-refractivity contribution in [3.8, 4) is 11.5 Å². The number of ether oxygens (including phenoxy) is 2. The topological polar surface area (TPSA) is 148 Å². The van der Waals surface area contributed by atoms with Crippen LogP contribution < -0.4 is 14.8 Å². The number of hydrogen-bond acceptors (Lipinski definition) is 7. The first-order chi connectivity index (χ1) is 12.9. The molecule has 0 aliphatic carbocycles. The molecule has 1 rings (SSSR count). The van der Waals surface area contributed by atoms with Crippen LogP contribution in [-0.4, -0.2) is 69.5 Å². The number of rotatable bonds is 8. The molecule has 0 heterocycles. The number of methoxy groups -OCH3 is 2. The van der Waals surface area contributed by atoms with Crippen molar-refractivity contribution in [1.29, 1.82) is 0 Å². The molecule has 0 fully saturated rings. The molecule has 0 radical (unpaired) electrons. The van der Waals surface area contributed by atoms with Crippen LogP contribution in [0.1, 0.15) is 5.56 Å². The number of nitro benzene ring substituents is 1. The number of carboxylic acid groups (broad SMARTS) is 2. The fraction of sp³-hybridized carbons (Fsp3) is 0.429. The summed E-state index contributed by atoms with van der Waals surface area (Å²) in [7, 11) is 2.80. The minimum atomic E-state index is -5.08. The molecule has 1 atom stereocenters. The third kappa shape index (κ3) is 7.98. The van der Waals surface area contributed by atoms with E-state index >= 15 is 0 Å². The summed E-state index contributed by atoms with van der Waals surface area (Å²) >= 11 is 2.17. The minimum Gasteiger partial charge on any atom is -0.475 e. The van der Waals surface area contributed by atoms with Gasteiger partial charge in [-0.1, -0.05) is 0 Å². The zero-order valence-corrected chi connectivity index (χ0v) is 16.4. The molecule has 0 aromatic heterocycles. The molecule has 3 N–H and O–H groups in total. The molecule has 0 saturated heterocycles. The summed E-state index contributed by atoms with van der Waals surface area (Å²) in [5.41, 5.74) is 0.166. The Labute approximate surface area is 164 Å². The van der Waals surface area contributed by atoms with E-state index in [1.807, 2.05) is 0 Å². The SMILES string of the molecule is COc1cc(CN[C@@H](C[SeH])C(=O)O)c([N+](=O)[O-])cc1OC.O=C(O)C(F)(F)F. The van der Waals surface area contributed by atoms with E-state index in [1.54, 1.807) is 0 Å². The number of nitro groups is 1. The van der Waals surface area contributed by atoms with Gasteiger partial charge >= 0.3 is 141 Å². The average Bonchev–Trinajstić information content (AvgIpc) is 2.60. The molecule has 10 nitrogen and oxygen atoms in total. The number of hydrogen-bond donors (Lipinski definition) is 3. The van der Waals surface area contributed by atoms with E-state index in [-0.39, 0.29) is 18.0 Å². The minimum absolute atomic E-state index is 0.0331. The van der Waals surface area contributed by atoms with Crippen LogP contribution >= 0.6 is 0 Å². The van der Waals surface area contributed by atoms with Gasteiger partial charge in [-0.2, -0.15) is 13.2 Å². The van der Waals surface area contributed by atoms with Crippen LogP contribution in [0, 0.1) is 10.1 Å². The van der Waals surface area contributed by atoms with Gasteiger partial charge in [0.15, 0.2) is 0 Å². The van der Waals surface area contributed by atoms with Crippen molar-refractivity contribution in [1.82, 2.24) is 5.32 Å². The summed E-state index contributed by atoms with van der Waals surface area (Å²) in [6.45, 7) is 0.0331. The first kappa shape index (κ1) is 25.4. The Morgan fingerprint density at radius 2 is 1.71 bits per heavy atom. The largest absolute Gasteiger partial charge is 0.490 e. The molecule has 28 heavy (non-hydrogen) atoms. The molecule has 1 aromatic carbocycles. The van der Waals surface area contributed by atoms with Gasteiger partial charge in [-0.05, 0) is 0 Å². The van der Waals surface area contributed by atoms with Crippen molar-refractivity contribution in [3.63, 3.8) is 0 Å². The second-order valence-electron chi connectivity index (χ2n) is 4.85. The summed E-state index contributed by atoms with van der Waals surface area (Å²) < 4.78 is 41.9. The number of carboxylic acids is 2. The van der Waals surface area contributed by atoms with Gasteiger partial charge in [0.25, 0.3) is 0 Å². The maximum atomic E-state index is 11.1. The van der Waals surface area contributed by atoms with Gasteiger partial charge in [-0.15, -0.1) is 0 Å². The Bertz CT molecular complexity index is 715. The molecule has 0 bridgehead atoms. The normalized spacial score (nSPS) is 11.6. The smallest absolute Gasteiger partial charge is 0.475 e. The van der Waals surface area contributed by atoms with Crippen molar-refractivity contribution in [2.45, 2.75) is 24.1 Å². The third-order valence-electron chi connectivity index (χ3n) is 3.04. The van der Waals surface area contributed by atoms with Crippen molar-refractivity contribution in [3.05, 3.63) is 27.8 Å². The van der Waals surface area contributed by atoms with E-state index in [9.17, 15) is 28.1 Å². The number of halogens is 3. The standard InChI is InChI=1S/C12H16N2O6Se.C2HF3O2/c1-19-10-3-7(5-13-8(6-21)12(15)16)9(14(17)18)4-11(10)20-2;3-2(4,5)1(6)7/h3-4,8,13,21H,5-6H2,1-2H3,(H,15,16);(H,6,7)/t8-;/m0./s1. The third-order valence-corrected chi connectivity index (χ3v) is 3.81. The van der Waals surface area contributed by atoms with Gasteiger partial charge in [-0.25, -0.2) is 4.79 Å². The molecule has 14 heteroatoms. The molecule has 0 unspecified atom stereocenters. The first-order valence-electron chi connectivity index (χ1n) is 7.15. The Morgan fingerprint density at radius 3 is 2.04 bits per heavy atom. The molecule has 0 aliphatic heterocycles. The van der Waals surface area contributed by atoms with Crippen molar-refractivity contribution < 1.29 is 47.4 Å². The second kappa shape index (κ2) is 11.3. The summed E-state index contributed by atoms with van der Waals surface area (Å²) in [6.07, 6.45) is -5.08. The first-order valence-corrected chi connectivity index (χ1v) is 8.48. The van der Waals surface area contributed by atoms with E-state index in [0.29, 0.717) is 16.6 Å². The van der Waals surface area contributed by atoms with Crippen LogP contribution in [-0.2, 0) is 16.1 Å². The van der Waals surface area contributed by atoms with Gasteiger partial charge in [0, 0.05) is 0 Å². The van der Waals surface area contributed by atoms with E-state index < -0.39 is 29.1 Å². The molecule has 0 spiro atoms. The Balaban J connectivity index is 0.000000887. The summed E-state index contributed by atoms with van der Waals surface area (Å²) in [4.78, 5) is 30.4. The van der Waals surface area contributed by atoms with Crippen LogP contribution in [0.4, 0.5) is 18.9 Å². The van der Waals surface area contributed by atoms with Crippen molar-refractivity contribution in [2.75, 3.05) is 14.2 Å². The second-order valence-corrected chi connectivity index (χ2v) is 5.62. The quantitative estimate of drug-likeness (QED) is 0.284. The predicted molar refractivity (Wildman–Crippen MR) is 90.1 cm³/mol. The fourth-order valence-electron chi connectivity index (χ4n) is 1.69. The monoisotopic (exact) mass is 478 g/mol. The maximum Gasteiger partial charge on any atom is 0.490 e. The number of benzene rings is 1. The maximum absolute atomic E-state index is 11.1. The summed E-state index contributed by atoms with van der Waals surface area (Å²) in [6, 6.07) is 1.93. The Kier molecular flexibility index (Phi) is 10.3. The fourth-order valence-corrected chi connectivity index (χ4v) is 2.28. The van der Waals surface area contributed by atoms with E-state index in [1.165, 1.54) is 26.4 Å². The van der Waals surface area contributed by atoms with Gasteiger partial charge in [0.2, 0.25) is 0 Å². The summed E-state index contributed by atoms with van der Waals surface area (Å²) in [5.74, 6) is -3.18. The number of carbonyl (C=O) groups is 2. The molecule has 1 aromatic rings. The molecular weight excluding hydrogens is 460 g/mol. The molecule has 0 aliphatic rings. The van der Waals surface area contributed by atoms with Crippen LogP contribution in [0.2, 0.25) is 5.32 Å². The van der Waals surface area contributed by atoms with Gasteiger partial charge in [0.05, 0.1) is 0 Å². The summed E-state index contributed by atoms with van der Waals surface area (Å²) in [5, 5.41) is 30.2. The van der Waals surface area contributed by atoms with E-state index in [4.69, 9.17) is 24.5 Å². The molecular formula is C14H17F3N2O8Se. The van der Waals surface area contributed by atoms with Gasteiger partial charge in [0.1, 0.15) is 0 Å². The molecule has 0 amide bonds. The average molecular weight is 477 g/mol. The van der Waals surface area contributed by atoms with Crippen molar-refractivity contribution in [2.24, 2.45) is 0 Å². The Morgan fingerprint density at radius 1 is 1.25 bits per heavy atom. The van der Waals surface area contributed by atoms with Gasteiger partial charge in [-0.3, -0.25) is 0 Å². The zero-order chi connectivity index (χ0) is 22.1. The van der Waals surface area contributed by atoms with Crippen molar-refractivity contribution >= 4 is 33.6 Å². The number of aliphatic carboxylic acids is 2. The van der Waals surface area contributed by atoms with Crippen LogP contribution in [0.3, 0.4) is 0 Å². The predicted octanol–water partition coefficient (Wildman–Crippen LogP) is 1.11. The van der Waals surface area contributed by atoms with Crippen LogP contribution in [0.5, 0.6) is 11.5 Å².